The zero-order valence-electron chi connectivity index (χ0n) is 18.3. The SMILES string of the molecule is Cc1nc(N)ccc1-c1[nH]nc2nc(N3CC[C@@H]4[C@H](C3)[C@@]4(CN)c3ccccc3F)cnc12. The molecule has 3 atom stereocenters. The summed E-state index contributed by atoms with van der Waals surface area (Å²) in [5.74, 6) is 1.77. The lowest BCUT2D eigenvalue weighted by Crippen LogP contribution is -2.32. The number of aromatic nitrogens is 5. The van der Waals surface area contributed by atoms with Crippen molar-refractivity contribution in [2.45, 2.75) is 18.8 Å². The monoisotopic (exact) mass is 444 g/mol. The molecule has 1 aromatic carbocycles. The van der Waals surface area contributed by atoms with Crippen molar-refractivity contribution >= 4 is 22.8 Å². The normalized spacial score (nSPS) is 24.2. The van der Waals surface area contributed by atoms with Crippen molar-refractivity contribution in [3.63, 3.8) is 0 Å². The number of rotatable bonds is 4. The minimum atomic E-state index is -0.295. The maximum Gasteiger partial charge on any atom is 0.202 e. The highest BCUT2D eigenvalue weighted by Crippen LogP contribution is 2.63. The van der Waals surface area contributed by atoms with Gasteiger partial charge in [-0.15, -0.1) is 0 Å². The molecule has 2 fully saturated rings. The number of aryl methyl sites for hydroxylation is 1. The van der Waals surface area contributed by atoms with Gasteiger partial charge in [0.15, 0.2) is 0 Å². The van der Waals surface area contributed by atoms with Crippen LogP contribution in [0.5, 0.6) is 0 Å². The van der Waals surface area contributed by atoms with E-state index >= 15 is 0 Å². The Bertz CT molecular complexity index is 1370. The van der Waals surface area contributed by atoms with Crippen LogP contribution in [0.25, 0.3) is 22.4 Å². The molecule has 0 bridgehead atoms. The highest BCUT2D eigenvalue weighted by molar-refractivity contribution is 5.88. The fraction of sp³-hybridized carbons (Fsp3) is 0.333. The minimum absolute atomic E-state index is 0.165. The van der Waals surface area contributed by atoms with E-state index < -0.39 is 0 Å². The van der Waals surface area contributed by atoms with E-state index in [1.165, 1.54) is 6.07 Å². The summed E-state index contributed by atoms with van der Waals surface area (Å²) in [6.45, 7) is 3.95. The van der Waals surface area contributed by atoms with Crippen LogP contribution >= 0.6 is 0 Å². The Balaban J connectivity index is 1.29. The molecule has 1 saturated heterocycles. The summed E-state index contributed by atoms with van der Waals surface area (Å²) in [6, 6.07) is 10.7. The van der Waals surface area contributed by atoms with Gasteiger partial charge >= 0.3 is 0 Å². The topological polar surface area (TPSA) is 123 Å². The summed E-state index contributed by atoms with van der Waals surface area (Å²) in [5, 5.41) is 7.45. The van der Waals surface area contributed by atoms with Crippen molar-refractivity contribution in [2.24, 2.45) is 17.6 Å². The second kappa shape index (κ2) is 7.21. The third-order valence-electron chi connectivity index (χ3n) is 7.49. The van der Waals surface area contributed by atoms with Crippen LogP contribution in [0.1, 0.15) is 17.7 Å². The van der Waals surface area contributed by atoms with Crippen molar-refractivity contribution in [1.82, 2.24) is 25.1 Å². The molecule has 8 nitrogen and oxygen atoms in total. The molecule has 5 N–H and O–H groups in total. The second-order valence-electron chi connectivity index (χ2n) is 9.04. The van der Waals surface area contributed by atoms with E-state index in [9.17, 15) is 4.39 Å². The Hall–Kier alpha value is -3.59. The zero-order chi connectivity index (χ0) is 22.7. The van der Waals surface area contributed by atoms with Crippen LogP contribution in [0.4, 0.5) is 16.0 Å². The molecule has 33 heavy (non-hydrogen) atoms. The first-order valence-corrected chi connectivity index (χ1v) is 11.2. The van der Waals surface area contributed by atoms with Crippen LogP contribution in [-0.4, -0.2) is 44.8 Å². The smallest absolute Gasteiger partial charge is 0.202 e. The first kappa shape index (κ1) is 20.0. The number of aromatic amines is 1. The standard InChI is InChI=1S/C24H25FN8/c1-13-14(6-7-19(27)29-13)21-22-23(32-31-21)30-20(10-28-22)33-9-8-15-17(11-33)24(15,12-26)16-4-2-3-5-18(16)25/h2-7,10,15,17H,8-9,11-12,26H2,1H3,(H2,27,29)(H,30,31,32)/t15-,17+,24-/m1/s1. The summed E-state index contributed by atoms with van der Waals surface area (Å²) >= 11 is 0. The predicted octanol–water partition coefficient (Wildman–Crippen LogP) is 2.80. The van der Waals surface area contributed by atoms with Crippen LogP contribution in [0.15, 0.2) is 42.6 Å². The molecule has 1 saturated carbocycles. The lowest BCUT2D eigenvalue weighted by molar-refractivity contribution is 0.533. The fourth-order valence-electron chi connectivity index (χ4n) is 5.81. The number of hydrogen-bond acceptors (Lipinski definition) is 7. The Kier molecular flexibility index (Phi) is 4.38. The number of nitrogens with zero attached hydrogens (tertiary/aromatic N) is 5. The molecular formula is C24H25FN8. The van der Waals surface area contributed by atoms with E-state index in [0.29, 0.717) is 35.4 Å². The molecule has 4 aromatic rings. The van der Waals surface area contributed by atoms with Crippen LogP contribution in [0.2, 0.25) is 0 Å². The van der Waals surface area contributed by atoms with Crippen molar-refractivity contribution in [3.8, 4) is 11.3 Å². The van der Waals surface area contributed by atoms with Crippen LogP contribution in [0, 0.1) is 24.6 Å². The first-order valence-electron chi connectivity index (χ1n) is 11.2. The van der Waals surface area contributed by atoms with Gasteiger partial charge in [0.05, 0.1) is 11.9 Å². The van der Waals surface area contributed by atoms with Gasteiger partial charge in [0.25, 0.3) is 0 Å². The van der Waals surface area contributed by atoms with Gasteiger partial charge in [0.1, 0.15) is 23.0 Å². The highest BCUT2D eigenvalue weighted by atomic mass is 19.1. The average Bonchev–Trinajstić information content (AvgIpc) is 3.29. The average molecular weight is 445 g/mol. The summed E-state index contributed by atoms with van der Waals surface area (Å²) in [4.78, 5) is 16.0. The fourth-order valence-corrected chi connectivity index (χ4v) is 5.81. The molecule has 0 radical (unpaired) electrons. The van der Waals surface area contributed by atoms with E-state index in [-0.39, 0.29) is 11.2 Å². The van der Waals surface area contributed by atoms with Crippen molar-refractivity contribution in [2.75, 3.05) is 30.3 Å². The van der Waals surface area contributed by atoms with Crippen molar-refractivity contribution in [3.05, 3.63) is 59.7 Å². The Morgan fingerprint density at radius 1 is 1.18 bits per heavy atom. The molecule has 168 valence electrons. The summed E-state index contributed by atoms with van der Waals surface area (Å²) in [7, 11) is 0. The third kappa shape index (κ3) is 2.92. The lowest BCUT2D eigenvalue weighted by atomic mass is 9.91. The number of fused-ring (bicyclic) bond motifs is 2. The number of hydrogen-bond donors (Lipinski definition) is 3. The van der Waals surface area contributed by atoms with Gasteiger partial charge in [0.2, 0.25) is 5.65 Å². The number of nitrogens with one attached hydrogen (secondary N) is 1. The molecule has 6 rings (SSSR count). The molecule has 1 aliphatic heterocycles. The number of H-pyrrole nitrogens is 1. The van der Waals surface area contributed by atoms with Gasteiger partial charge in [-0.3, -0.25) is 5.10 Å². The number of benzene rings is 1. The number of anilines is 2. The maximum atomic E-state index is 14.6. The van der Waals surface area contributed by atoms with Gasteiger partial charge in [-0.25, -0.2) is 19.3 Å². The molecule has 9 heteroatoms. The van der Waals surface area contributed by atoms with Gasteiger partial charge < -0.3 is 16.4 Å². The van der Waals surface area contributed by atoms with Gasteiger partial charge in [-0.05, 0) is 48.9 Å². The quantitative estimate of drug-likeness (QED) is 0.442. The number of halogens is 1. The van der Waals surface area contributed by atoms with Crippen LogP contribution < -0.4 is 16.4 Å². The molecule has 0 spiro atoms. The first-order chi connectivity index (χ1) is 16.0. The van der Waals surface area contributed by atoms with E-state index in [4.69, 9.17) is 16.5 Å². The number of nitrogen functional groups attached to an aromatic ring is 1. The summed E-state index contributed by atoms with van der Waals surface area (Å²) in [5.41, 5.74) is 16.2. The minimum Gasteiger partial charge on any atom is -0.384 e. The number of pyridine rings is 1. The van der Waals surface area contributed by atoms with E-state index in [0.717, 1.165) is 47.8 Å². The summed E-state index contributed by atoms with van der Waals surface area (Å²) in [6.07, 6.45) is 2.73. The largest absolute Gasteiger partial charge is 0.384 e. The predicted molar refractivity (Wildman–Crippen MR) is 125 cm³/mol. The van der Waals surface area contributed by atoms with Gasteiger partial charge in [0, 0.05) is 36.3 Å². The van der Waals surface area contributed by atoms with Crippen LogP contribution in [-0.2, 0) is 5.41 Å². The lowest BCUT2D eigenvalue weighted by Gasteiger charge is -2.26. The zero-order valence-corrected chi connectivity index (χ0v) is 18.3. The maximum absolute atomic E-state index is 14.6. The highest BCUT2D eigenvalue weighted by Gasteiger charge is 2.66. The Morgan fingerprint density at radius 2 is 2.03 bits per heavy atom. The summed E-state index contributed by atoms with van der Waals surface area (Å²) < 4.78 is 14.6. The molecule has 1 aliphatic carbocycles. The molecule has 3 aromatic heterocycles. The Morgan fingerprint density at radius 3 is 2.82 bits per heavy atom. The number of nitrogens with two attached hydrogens (primary N) is 2. The molecule has 0 unspecified atom stereocenters. The van der Waals surface area contributed by atoms with Crippen LogP contribution in [0.3, 0.4) is 0 Å². The van der Waals surface area contributed by atoms with Crippen molar-refractivity contribution < 1.29 is 4.39 Å². The van der Waals surface area contributed by atoms with Crippen molar-refractivity contribution in [1.29, 1.82) is 0 Å². The third-order valence-corrected chi connectivity index (χ3v) is 7.49. The molecule has 4 heterocycles. The molecule has 0 amide bonds. The number of piperidine rings is 1. The van der Waals surface area contributed by atoms with Gasteiger partial charge in [-0.1, -0.05) is 18.2 Å². The molecule has 2 aliphatic rings. The van der Waals surface area contributed by atoms with E-state index in [1.54, 1.807) is 18.3 Å². The van der Waals surface area contributed by atoms with E-state index in [2.05, 4.69) is 25.1 Å². The van der Waals surface area contributed by atoms with Gasteiger partial charge in [-0.2, -0.15) is 5.10 Å². The molecular weight excluding hydrogens is 419 g/mol. The second-order valence-corrected chi connectivity index (χ2v) is 9.04. The Labute approximate surface area is 190 Å². The van der Waals surface area contributed by atoms with E-state index in [1.807, 2.05) is 25.1 Å².